The van der Waals surface area contributed by atoms with Crippen LogP contribution in [0.1, 0.15) is 27.2 Å². The van der Waals surface area contributed by atoms with Gasteiger partial charge in [-0.3, -0.25) is 4.79 Å². The van der Waals surface area contributed by atoms with Crippen molar-refractivity contribution >= 4 is 16.0 Å². The van der Waals surface area contributed by atoms with E-state index in [1.165, 1.54) is 14.0 Å². The molecule has 0 fully saturated rings. The predicted octanol–water partition coefficient (Wildman–Crippen LogP) is -0.372. The predicted molar refractivity (Wildman–Crippen MR) is 59.3 cm³/mol. The monoisotopic (exact) mass is 253 g/mol. The van der Waals surface area contributed by atoms with Crippen LogP contribution in [-0.2, 0) is 19.6 Å². The van der Waals surface area contributed by atoms with Crippen LogP contribution in [-0.4, -0.2) is 44.0 Å². The zero-order valence-corrected chi connectivity index (χ0v) is 10.8. The highest BCUT2D eigenvalue weighted by molar-refractivity contribution is 7.89. The van der Waals surface area contributed by atoms with E-state index in [2.05, 4.69) is 9.46 Å². The number of sulfonamides is 1. The highest BCUT2D eigenvalue weighted by Gasteiger charge is 2.29. The maximum Gasteiger partial charge on any atom is 0.306 e. The molecule has 16 heavy (non-hydrogen) atoms. The van der Waals surface area contributed by atoms with E-state index in [1.54, 1.807) is 13.8 Å². The van der Waals surface area contributed by atoms with E-state index in [0.717, 1.165) is 0 Å². The normalized spacial score (nSPS) is 14.6. The molecule has 2 N–H and O–H groups in total. The van der Waals surface area contributed by atoms with Gasteiger partial charge < -0.3 is 9.84 Å². The Labute approximate surface area is 96.0 Å². The minimum atomic E-state index is -3.60. The fourth-order valence-electron chi connectivity index (χ4n) is 0.857. The van der Waals surface area contributed by atoms with Crippen LogP contribution in [0.2, 0.25) is 0 Å². The molecule has 0 aromatic rings. The fraction of sp³-hybridized carbons (Fsp3) is 0.889. The molecule has 0 aliphatic carbocycles. The molecule has 0 aliphatic rings. The molecular weight excluding hydrogens is 234 g/mol. The van der Waals surface area contributed by atoms with E-state index in [4.69, 9.17) is 0 Å². The smallest absolute Gasteiger partial charge is 0.306 e. The molecule has 0 aromatic heterocycles. The second kappa shape index (κ2) is 5.60. The van der Waals surface area contributed by atoms with Gasteiger partial charge in [0, 0.05) is 0 Å². The van der Waals surface area contributed by atoms with E-state index < -0.39 is 27.6 Å². The first-order valence-electron chi connectivity index (χ1n) is 4.87. The number of aliphatic hydroxyl groups is 1. The first-order valence-corrected chi connectivity index (χ1v) is 6.52. The Balaban J connectivity index is 4.42. The van der Waals surface area contributed by atoms with E-state index in [-0.39, 0.29) is 12.2 Å². The Bertz CT molecular complexity index is 334. The van der Waals surface area contributed by atoms with Crippen LogP contribution in [0.3, 0.4) is 0 Å². The summed E-state index contributed by atoms with van der Waals surface area (Å²) in [5, 5.41) is 9.35. The van der Waals surface area contributed by atoms with Crippen molar-refractivity contribution in [2.24, 2.45) is 0 Å². The molecule has 0 saturated heterocycles. The second-order valence-corrected chi connectivity index (χ2v) is 5.99. The zero-order valence-electron chi connectivity index (χ0n) is 9.98. The number of rotatable bonds is 6. The number of carbonyl (C=O) groups excluding carboxylic acids is 1. The standard InChI is InChI=1S/C9H19NO5S/c1-7(11)9(2,3)10-16(13,14)6-5-8(12)15-4/h7,10-11H,5-6H2,1-4H3. The molecule has 6 nitrogen and oxygen atoms in total. The molecule has 7 heteroatoms. The number of esters is 1. The zero-order chi connectivity index (χ0) is 13.0. The molecule has 0 aromatic carbocycles. The van der Waals surface area contributed by atoms with Gasteiger partial charge in [-0.25, -0.2) is 13.1 Å². The molecule has 0 heterocycles. The van der Waals surface area contributed by atoms with E-state index in [1.807, 2.05) is 0 Å². The summed E-state index contributed by atoms with van der Waals surface area (Å²) in [5.41, 5.74) is -0.963. The molecule has 0 aliphatic heterocycles. The highest BCUT2D eigenvalue weighted by atomic mass is 32.2. The summed E-state index contributed by atoms with van der Waals surface area (Å²) in [5.74, 6) is -0.934. The van der Waals surface area contributed by atoms with Gasteiger partial charge in [-0.2, -0.15) is 0 Å². The SMILES string of the molecule is COC(=O)CCS(=O)(=O)NC(C)(C)C(C)O. The number of hydrogen-bond donors (Lipinski definition) is 2. The molecule has 0 spiro atoms. The molecule has 96 valence electrons. The van der Waals surface area contributed by atoms with Crippen LogP contribution in [0, 0.1) is 0 Å². The summed E-state index contributed by atoms with van der Waals surface area (Å²) in [6.07, 6.45) is -1.04. The van der Waals surface area contributed by atoms with Crippen LogP contribution in [0.25, 0.3) is 0 Å². The van der Waals surface area contributed by atoms with Crippen molar-refractivity contribution in [3.63, 3.8) is 0 Å². The Morgan fingerprint density at radius 1 is 1.50 bits per heavy atom. The van der Waals surface area contributed by atoms with Gasteiger partial charge in [-0.05, 0) is 20.8 Å². The second-order valence-electron chi connectivity index (χ2n) is 4.14. The van der Waals surface area contributed by atoms with Crippen LogP contribution >= 0.6 is 0 Å². The van der Waals surface area contributed by atoms with Gasteiger partial charge in [0.2, 0.25) is 10.0 Å². The summed E-state index contributed by atoms with van der Waals surface area (Å²) in [7, 11) is -2.40. The molecule has 1 atom stereocenters. The average molecular weight is 253 g/mol. The van der Waals surface area contributed by atoms with Gasteiger partial charge in [0.25, 0.3) is 0 Å². The van der Waals surface area contributed by atoms with Gasteiger partial charge in [0.1, 0.15) is 0 Å². The van der Waals surface area contributed by atoms with Crippen molar-refractivity contribution in [1.82, 2.24) is 4.72 Å². The number of aliphatic hydroxyl groups excluding tert-OH is 1. The summed E-state index contributed by atoms with van der Waals surface area (Å²) in [4.78, 5) is 10.8. The summed E-state index contributed by atoms with van der Waals surface area (Å²) in [6, 6.07) is 0. The Morgan fingerprint density at radius 2 is 2.00 bits per heavy atom. The van der Waals surface area contributed by atoms with E-state index in [0.29, 0.717) is 0 Å². The largest absolute Gasteiger partial charge is 0.469 e. The van der Waals surface area contributed by atoms with Crippen LogP contribution in [0.5, 0.6) is 0 Å². The highest BCUT2D eigenvalue weighted by Crippen LogP contribution is 2.10. The van der Waals surface area contributed by atoms with Crippen molar-refractivity contribution in [2.45, 2.75) is 38.8 Å². The third-order valence-corrected chi connectivity index (χ3v) is 3.84. The van der Waals surface area contributed by atoms with Crippen molar-refractivity contribution in [2.75, 3.05) is 12.9 Å². The van der Waals surface area contributed by atoms with Crippen LogP contribution in [0.4, 0.5) is 0 Å². The molecule has 0 bridgehead atoms. The van der Waals surface area contributed by atoms with Gasteiger partial charge >= 0.3 is 5.97 Å². The topological polar surface area (TPSA) is 92.7 Å². The summed E-state index contributed by atoms with van der Waals surface area (Å²) in [6.45, 7) is 4.61. The number of ether oxygens (including phenoxy) is 1. The third-order valence-electron chi connectivity index (χ3n) is 2.27. The quantitative estimate of drug-likeness (QED) is 0.630. The molecule has 0 saturated carbocycles. The Hall–Kier alpha value is -0.660. The lowest BCUT2D eigenvalue weighted by Crippen LogP contribution is -2.51. The van der Waals surface area contributed by atoms with Crippen LogP contribution in [0.15, 0.2) is 0 Å². The third kappa shape index (κ3) is 5.43. The van der Waals surface area contributed by atoms with Gasteiger partial charge in [-0.1, -0.05) is 0 Å². The maximum atomic E-state index is 11.5. The Morgan fingerprint density at radius 3 is 2.38 bits per heavy atom. The summed E-state index contributed by atoms with van der Waals surface area (Å²) < 4.78 is 29.8. The van der Waals surface area contributed by atoms with Crippen molar-refractivity contribution < 1.29 is 23.1 Å². The number of carbonyl (C=O) groups is 1. The Kier molecular flexibility index (Phi) is 5.37. The lowest BCUT2D eigenvalue weighted by atomic mass is 10.0. The van der Waals surface area contributed by atoms with Gasteiger partial charge in [-0.15, -0.1) is 0 Å². The number of methoxy groups -OCH3 is 1. The lowest BCUT2D eigenvalue weighted by molar-refractivity contribution is -0.140. The number of hydrogen-bond acceptors (Lipinski definition) is 5. The van der Waals surface area contributed by atoms with E-state index >= 15 is 0 Å². The molecule has 1 unspecified atom stereocenters. The number of nitrogens with one attached hydrogen (secondary N) is 1. The van der Waals surface area contributed by atoms with Crippen molar-refractivity contribution in [3.8, 4) is 0 Å². The maximum absolute atomic E-state index is 11.5. The first-order chi connectivity index (χ1) is 7.10. The van der Waals surface area contributed by atoms with Crippen LogP contribution < -0.4 is 4.72 Å². The minimum absolute atomic E-state index is 0.207. The fourth-order valence-corrected chi connectivity index (χ4v) is 2.37. The average Bonchev–Trinajstić information content (AvgIpc) is 2.12. The van der Waals surface area contributed by atoms with Gasteiger partial charge in [0.15, 0.2) is 0 Å². The lowest BCUT2D eigenvalue weighted by Gasteiger charge is -2.28. The molecule has 0 radical (unpaired) electrons. The van der Waals surface area contributed by atoms with Gasteiger partial charge in [0.05, 0.1) is 30.9 Å². The summed E-state index contributed by atoms with van der Waals surface area (Å²) >= 11 is 0. The molecule has 0 amide bonds. The van der Waals surface area contributed by atoms with Crippen molar-refractivity contribution in [1.29, 1.82) is 0 Å². The first kappa shape index (κ1) is 15.3. The molecular formula is C9H19NO5S. The van der Waals surface area contributed by atoms with E-state index in [9.17, 15) is 18.3 Å². The van der Waals surface area contributed by atoms with Crippen molar-refractivity contribution in [3.05, 3.63) is 0 Å². The molecule has 0 rings (SSSR count). The minimum Gasteiger partial charge on any atom is -0.469 e.